The Morgan fingerprint density at radius 2 is 1.18 bits per heavy atom. The maximum absolute atomic E-state index is 4.33. The summed E-state index contributed by atoms with van der Waals surface area (Å²) in [7, 11) is 0. The van der Waals surface area contributed by atoms with Gasteiger partial charge in [-0.2, -0.15) is 0 Å². The minimum atomic E-state index is 0.311. The van der Waals surface area contributed by atoms with Gasteiger partial charge in [0.1, 0.15) is 0 Å². The average molecular weight is 537 g/mol. The fraction of sp³-hybridized carbons (Fsp3) is 0.400. The van der Waals surface area contributed by atoms with Gasteiger partial charge in [0.2, 0.25) is 0 Å². The van der Waals surface area contributed by atoms with Crippen molar-refractivity contribution in [2.45, 2.75) is 94.4 Å². The van der Waals surface area contributed by atoms with Crippen LogP contribution in [0.4, 0.5) is 0 Å². The molecule has 40 heavy (non-hydrogen) atoms. The van der Waals surface area contributed by atoms with E-state index in [1.807, 2.05) is 0 Å². The Labute approximate surface area is 248 Å². The lowest BCUT2D eigenvalue weighted by molar-refractivity contribution is 0.228. The van der Waals surface area contributed by atoms with Gasteiger partial charge in [0, 0.05) is 5.92 Å². The zero-order valence-electron chi connectivity index (χ0n) is 27.1. The predicted octanol–water partition coefficient (Wildman–Crippen LogP) is 12.6. The third kappa shape index (κ3) is 16.1. The van der Waals surface area contributed by atoms with Crippen molar-refractivity contribution in [1.82, 2.24) is 0 Å². The second-order valence-electron chi connectivity index (χ2n) is 12.3. The lowest BCUT2D eigenvalue weighted by atomic mass is 9.66. The van der Waals surface area contributed by atoms with E-state index in [2.05, 4.69) is 166 Å². The Hall–Kier alpha value is -3.12. The second kappa shape index (κ2) is 19.0. The van der Waals surface area contributed by atoms with Gasteiger partial charge in [0.05, 0.1) is 0 Å². The molecule has 0 heteroatoms. The normalized spacial score (nSPS) is 20.3. The molecule has 0 saturated heterocycles. The molecule has 0 bridgehead atoms. The summed E-state index contributed by atoms with van der Waals surface area (Å²) < 4.78 is 0. The van der Waals surface area contributed by atoms with Crippen LogP contribution < -0.4 is 0 Å². The second-order valence-corrected chi connectivity index (χ2v) is 12.3. The van der Waals surface area contributed by atoms with E-state index in [0.717, 1.165) is 19.3 Å². The van der Waals surface area contributed by atoms with Gasteiger partial charge in [-0.25, -0.2) is 0 Å². The third-order valence-corrected chi connectivity index (χ3v) is 7.25. The number of hydrogen-bond acceptors (Lipinski definition) is 0. The van der Waals surface area contributed by atoms with E-state index in [0.29, 0.717) is 11.3 Å². The highest BCUT2D eigenvalue weighted by Crippen LogP contribution is 2.43. The van der Waals surface area contributed by atoms with Crippen LogP contribution in [0.15, 0.2) is 143 Å². The van der Waals surface area contributed by atoms with Crippen LogP contribution in [-0.2, 0) is 0 Å². The molecule has 1 aliphatic carbocycles. The van der Waals surface area contributed by atoms with Gasteiger partial charge in [-0.05, 0) is 86.0 Å². The highest BCUT2D eigenvalue weighted by molar-refractivity contribution is 5.32. The lowest BCUT2D eigenvalue weighted by Crippen LogP contribution is -2.27. The van der Waals surface area contributed by atoms with Crippen molar-refractivity contribution >= 4 is 0 Å². The SMILES string of the molecule is C=C1CCCC(C)(C)C1C=CC(C)=CC=CC(C)=CC=CC=C(C)C=CC=C(C)C=CC=C(C)CCC=C(C)C. The Morgan fingerprint density at radius 1 is 0.700 bits per heavy atom. The molecule has 0 aromatic heterocycles. The maximum atomic E-state index is 4.33. The average Bonchev–Trinajstić information content (AvgIpc) is 2.85. The Bertz CT molecular complexity index is 1150. The van der Waals surface area contributed by atoms with E-state index in [1.54, 1.807) is 0 Å². The molecule has 0 aliphatic heterocycles. The first-order valence-electron chi connectivity index (χ1n) is 15.0. The quantitative estimate of drug-likeness (QED) is 0.162. The zero-order chi connectivity index (χ0) is 30.0. The first-order valence-corrected chi connectivity index (χ1v) is 15.0. The van der Waals surface area contributed by atoms with E-state index in [1.165, 1.54) is 51.9 Å². The van der Waals surface area contributed by atoms with Gasteiger partial charge in [0.15, 0.2) is 0 Å². The molecule has 1 unspecified atom stereocenters. The Balaban J connectivity index is 2.56. The minimum Gasteiger partial charge on any atom is -0.0992 e. The molecule has 1 fully saturated rings. The molecule has 1 atom stereocenters. The molecule has 216 valence electrons. The molecule has 0 heterocycles. The highest BCUT2D eigenvalue weighted by atomic mass is 14.4. The van der Waals surface area contributed by atoms with Gasteiger partial charge >= 0.3 is 0 Å². The topological polar surface area (TPSA) is 0 Å². The van der Waals surface area contributed by atoms with Crippen LogP contribution in [0.5, 0.6) is 0 Å². The summed E-state index contributed by atoms with van der Waals surface area (Å²) in [4.78, 5) is 0. The van der Waals surface area contributed by atoms with Crippen LogP contribution in [-0.4, -0.2) is 0 Å². The maximum Gasteiger partial charge on any atom is 0.00285 e. The van der Waals surface area contributed by atoms with Gasteiger partial charge in [-0.3, -0.25) is 0 Å². The number of allylic oxidation sites excluding steroid dienone is 23. The molecule has 1 aliphatic rings. The smallest absolute Gasteiger partial charge is 0.00285 e. The Morgan fingerprint density at radius 3 is 1.68 bits per heavy atom. The molecule has 0 nitrogen and oxygen atoms in total. The minimum absolute atomic E-state index is 0.311. The van der Waals surface area contributed by atoms with Crippen molar-refractivity contribution in [3.05, 3.63) is 143 Å². The monoisotopic (exact) mass is 536 g/mol. The van der Waals surface area contributed by atoms with Crippen LogP contribution in [0.3, 0.4) is 0 Å². The van der Waals surface area contributed by atoms with Crippen molar-refractivity contribution in [2.24, 2.45) is 11.3 Å². The summed E-state index contributed by atoms with van der Waals surface area (Å²) in [5, 5.41) is 0. The van der Waals surface area contributed by atoms with Crippen LogP contribution >= 0.6 is 0 Å². The van der Waals surface area contributed by atoms with Crippen molar-refractivity contribution in [2.75, 3.05) is 0 Å². The van der Waals surface area contributed by atoms with Gasteiger partial charge in [-0.1, -0.05) is 157 Å². The molecule has 0 aromatic rings. The summed E-state index contributed by atoms with van der Waals surface area (Å²) in [5.74, 6) is 0.475. The van der Waals surface area contributed by atoms with Crippen LogP contribution in [0.1, 0.15) is 94.4 Å². The van der Waals surface area contributed by atoms with E-state index < -0.39 is 0 Å². The van der Waals surface area contributed by atoms with Gasteiger partial charge < -0.3 is 0 Å². The largest absolute Gasteiger partial charge is 0.0992 e. The van der Waals surface area contributed by atoms with E-state index >= 15 is 0 Å². The first kappa shape index (κ1) is 34.9. The summed E-state index contributed by atoms with van der Waals surface area (Å²) in [6.45, 7) is 24.1. The molecule has 1 saturated carbocycles. The van der Waals surface area contributed by atoms with Crippen molar-refractivity contribution in [3.63, 3.8) is 0 Å². The summed E-state index contributed by atoms with van der Waals surface area (Å²) in [6, 6.07) is 0. The summed E-state index contributed by atoms with van der Waals surface area (Å²) in [6.07, 6.45) is 40.7. The predicted molar refractivity (Wildman–Crippen MR) is 183 cm³/mol. The molecule has 0 radical (unpaired) electrons. The highest BCUT2D eigenvalue weighted by Gasteiger charge is 2.32. The van der Waals surface area contributed by atoms with Crippen molar-refractivity contribution in [1.29, 1.82) is 0 Å². The standard InChI is InChI=1S/C40H56/c1-32(2)18-13-21-35(5)24-15-26-36(6)25-14-22-33(3)19-11-12-20-34(4)23-16-27-37(7)29-30-39-38(8)28-17-31-40(39,9)10/h11-12,14-16,18-20,22-27,29-30,39H,8,13,17,21,28,31H2,1-7,9-10H3. The van der Waals surface area contributed by atoms with E-state index in [9.17, 15) is 0 Å². The molecular weight excluding hydrogens is 480 g/mol. The van der Waals surface area contributed by atoms with Crippen LogP contribution in [0, 0.1) is 11.3 Å². The Kier molecular flexibility index (Phi) is 16.6. The van der Waals surface area contributed by atoms with E-state index in [4.69, 9.17) is 0 Å². The third-order valence-electron chi connectivity index (χ3n) is 7.25. The van der Waals surface area contributed by atoms with Gasteiger partial charge in [0.25, 0.3) is 0 Å². The fourth-order valence-corrected chi connectivity index (χ4v) is 4.66. The molecular formula is C40H56. The summed E-state index contributed by atoms with van der Waals surface area (Å²) >= 11 is 0. The first-order chi connectivity index (χ1) is 18.9. The van der Waals surface area contributed by atoms with Gasteiger partial charge in [-0.15, -0.1) is 0 Å². The van der Waals surface area contributed by atoms with Crippen molar-refractivity contribution < 1.29 is 0 Å². The van der Waals surface area contributed by atoms with E-state index in [-0.39, 0.29) is 0 Å². The number of hydrogen-bond donors (Lipinski definition) is 0. The number of rotatable bonds is 13. The molecule has 1 rings (SSSR count). The van der Waals surface area contributed by atoms with Crippen molar-refractivity contribution in [3.8, 4) is 0 Å². The molecule has 0 spiro atoms. The molecule has 0 N–H and O–H groups in total. The summed E-state index contributed by atoms with van der Waals surface area (Å²) in [5.41, 5.74) is 9.43. The lowest BCUT2D eigenvalue weighted by Gasteiger charge is -2.38. The fourth-order valence-electron chi connectivity index (χ4n) is 4.66. The van der Waals surface area contributed by atoms with Crippen LogP contribution in [0.2, 0.25) is 0 Å². The molecule has 0 aromatic carbocycles. The zero-order valence-corrected chi connectivity index (χ0v) is 27.1. The van der Waals surface area contributed by atoms with Crippen LogP contribution in [0.25, 0.3) is 0 Å². The molecule has 0 amide bonds.